The van der Waals surface area contributed by atoms with E-state index in [1.54, 1.807) is 12.2 Å². The maximum absolute atomic E-state index is 11.9. The van der Waals surface area contributed by atoms with Gasteiger partial charge < -0.3 is 18.9 Å². The number of ether oxygens (including phenoxy) is 4. The average molecular weight is 282 g/mol. The van der Waals surface area contributed by atoms with Crippen LogP contribution in [0, 0.1) is 0 Å². The van der Waals surface area contributed by atoms with E-state index in [4.69, 9.17) is 9.47 Å². The predicted octanol–water partition coefficient (Wildman–Crippen LogP) is -0.101. The standard InChI is InChI=1S/C13H14O7/c1-7(14)19-6-13-5-4-8(20-13)9(11(15)17-2)10(13)12(16)18-3/h4-5,8H,6H2,1-3H3. The lowest BCUT2D eigenvalue weighted by Crippen LogP contribution is -2.38. The Morgan fingerprint density at radius 2 is 1.90 bits per heavy atom. The van der Waals surface area contributed by atoms with E-state index in [-0.39, 0.29) is 17.8 Å². The van der Waals surface area contributed by atoms with E-state index in [1.807, 2.05) is 0 Å². The van der Waals surface area contributed by atoms with Gasteiger partial charge in [0.25, 0.3) is 0 Å². The number of esters is 3. The average Bonchev–Trinajstić information content (AvgIpc) is 2.99. The zero-order valence-corrected chi connectivity index (χ0v) is 11.3. The van der Waals surface area contributed by atoms with Gasteiger partial charge in [-0.2, -0.15) is 0 Å². The molecule has 2 rings (SSSR count). The minimum Gasteiger partial charge on any atom is -0.466 e. The van der Waals surface area contributed by atoms with Crippen LogP contribution in [-0.2, 0) is 33.3 Å². The lowest BCUT2D eigenvalue weighted by molar-refractivity contribution is -0.149. The molecule has 20 heavy (non-hydrogen) atoms. The summed E-state index contributed by atoms with van der Waals surface area (Å²) in [6, 6.07) is 0. The Morgan fingerprint density at radius 3 is 2.45 bits per heavy atom. The zero-order chi connectivity index (χ0) is 14.9. The molecular weight excluding hydrogens is 268 g/mol. The van der Waals surface area contributed by atoms with Crippen LogP contribution in [-0.4, -0.2) is 50.4 Å². The molecule has 0 radical (unpaired) electrons. The van der Waals surface area contributed by atoms with Crippen molar-refractivity contribution in [3.05, 3.63) is 23.3 Å². The second-order valence-electron chi connectivity index (χ2n) is 4.34. The summed E-state index contributed by atoms with van der Waals surface area (Å²) in [7, 11) is 2.40. The van der Waals surface area contributed by atoms with E-state index >= 15 is 0 Å². The zero-order valence-electron chi connectivity index (χ0n) is 11.3. The molecule has 2 atom stereocenters. The van der Waals surface area contributed by atoms with Crippen LogP contribution in [0.5, 0.6) is 0 Å². The van der Waals surface area contributed by atoms with Gasteiger partial charge >= 0.3 is 17.9 Å². The highest BCUT2D eigenvalue weighted by Gasteiger charge is 2.55. The van der Waals surface area contributed by atoms with Gasteiger partial charge in [0.2, 0.25) is 0 Å². The van der Waals surface area contributed by atoms with Crippen LogP contribution in [0.4, 0.5) is 0 Å². The second-order valence-corrected chi connectivity index (χ2v) is 4.34. The van der Waals surface area contributed by atoms with Gasteiger partial charge in [0.05, 0.1) is 25.4 Å². The van der Waals surface area contributed by atoms with E-state index < -0.39 is 29.6 Å². The molecule has 2 bridgehead atoms. The topological polar surface area (TPSA) is 88.1 Å². The Labute approximate surface area is 115 Å². The van der Waals surface area contributed by atoms with E-state index in [9.17, 15) is 14.4 Å². The molecule has 0 saturated carbocycles. The first-order chi connectivity index (χ1) is 9.45. The summed E-state index contributed by atoms with van der Waals surface area (Å²) in [4.78, 5) is 34.7. The maximum Gasteiger partial charge on any atom is 0.337 e. The van der Waals surface area contributed by atoms with Gasteiger partial charge in [-0.15, -0.1) is 0 Å². The molecule has 108 valence electrons. The van der Waals surface area contributed by atoms with Crippen molar-refractivity contribution >= 4 is 17.9 Å². The van der Waals surface area contributed by atoms with E-state index in [1.165, 1.54) is 21.1 Å². The molecule has 2 unspecified atom stereocenters. The highest BCUT2D eigenvalue weighted by molar-refractivity contribution is 6.05. The minimum absolute atomic E-state index is 0.0144. The molecule has 2 aliphatic heterocycles. The third-order valence-corrected chi connectivity index (χ3v) is 3.14. The molecule has 0 saturated heterocycles. The Kier molecular flexibility index (Phi) is 3.63. The van der Waals surface area contributed by atoms with Crippen LogP contribution >= 0.6 is 0 Å². The number of hydrogen-bond donors (Lipinski definition) is 0. The van der Waals surface area contributed by atoms with Gasteiger partial charge in [0.15, 0.2) is 5.60 Å². The first-order valence-electron chi connectivity index (χ1n) is 5.87. The van der Waals surface area contributed by atoms with Gasteiger partial charge in [-0.3, -0.25) is 4.79 Å². The number of rotatable bonds is 4. The number of methoxy groups -OCH3 is 2. The van der Waals surface area contributed by atoms with Gasteiger partial charge in [-0.05, 0) is 6.08 Å². The van der Waals surface area contributed by atoms with Gasteiger partial charge in [-0.1, -0.05) is 6.08 Å². The van der Waals surface area contributed by atoms with Crippen molar-refractivity contribution in [2.45, 2.75) is 18.6 Å². The molecular formula is C13H14O7. The molecule has 0 fully saturated rings. The molecule has 7 heteroatoms. The minimum atomic E-state index is -1.28. The summed E-state index contributed by atoms with van der Waals surface area (Å²) in [5, 5.41) is 0. The summed E-state index contributed by atoms with van der Waals surface area (Å²) in [6.45, 7) is 1.03. The lowest BCUT2D eigenvalue weighted by atomic mass is 9.87. The number of fused-ring (bicyclic) bond motifs is 2. The molecule has 0 aromatic rings. The quantitative estimate of drug-likeness (QED) is 0.404. The predicted molar refractivity (Wildman–Crippen MR) is 64.4 cm³/mol. The van der Waals surface area contributed by atoms with Crippen molar-refractivity contribution in [1.82, 2.24) is 0 Å². The highest BCUT2D eigenvalue weighted by Crippen LogP contribution is 2.44. The van der Waals surface area contributed by atoms with Gasteiger partial charge in [0.1, 0.15) is 12.7 Å². The van der Waals surface area contributed by atoms with Crippen LogP contribution in [0.25, 0.3) is 0 Å². The third kappa shape index (κ3) is 2.09. The molecule has 2 heterocycles. The van der Waals surface area contributed by atoms with Crippen molar-refractivity contribution in [3.8, 4) is 0 Å². The second kappa shape index (κ2) is 5.09. The van der Waals surface area contributed by atoms with Crippen LogP contribution in [0.3, 0.4) is 0 Å². The van der Waals surface area contributed by atoms with Crippen molar-refractivity contribution in [1.29, 1.82) is 0 Å². The Balaban J connectivity index is 2.43. The first-order valence-corrected chi connectivity index (χ1v) is 5.87. The molecule has 0 aromatic carbocycles. The summed E-state index contributed by atoms with van der Waals surface area (Å²) in [5.74, 6) is -1.91. The largest absolute Gasteiger partial charge is 0.466 e. The van der Waals surface area contributed by atoms with Crippen LogP contribution in [0.15, 0.2) is 23.3 Å². The molecule has 2 aliphatic rings. The maximum atomic E-state index is 11.9. The van der Waals surface area contributed by atoms with Crippen molar-refractivity contribution in [2.24, 2.45) is 0 Å². The molecule has 7 nitrogen and oxygen atoms in total. The highest BCUT2D eigenvalue weighted by atomic mass is 16.6. The van der Waals surface area contributed by atoms with Crippen molar-refractivity contribution in [2.75, 3.05) is 20.8 Å². The number of carbonyl (C=O) groups excluding carboxylic acids is 3. The molecule has 0 amide bonds. The third-order valence-electron chi connectivity index (χ3n) is 3.14. The molecule has 0 aliphatic carbocycles. The first kappa shape index (κ1) is 14.3. The van der Waals surface area contributed by atoms with Gasteiger partial charge in [0, 0.05) is 6.92 Å². The Morgan fingerprint density at radius 1 is 1.25 bits per heavy atom. The monoisotopic (exact) mass is 282 g/mol. The number of carbonyl (C=O) groups is 3. The van der Waals surface area contributed by atoms with E-state index in [0.717, 1.165) is 0 Å². The fraction of sp³-hybridized carbons (Fsp3) is 0.462. The SMILES string of the molecule is COC(=O)C1=C(C(=O)OC)C2(COC(C)=O)C=CC1O2. The normalized spacial score (nSPS) is 26.6. The summed E-state index contributed by atoms with van der Waals surface area (Å²) in [5.41, 5.74) is -1.19. The fourth-order valence-corrected chi connectivity index (χ4v) is 2.29. The molecule has 0 N–H and O–H groups in total. The Hall–Kier alpha value is -2.15. The van der Waals surface area contributed by atoms with Crippen LogP contribution in [0.2, 0.25) is 0 Å². The van der Waals surface area contributed by atoms with Gasteiger partial charge in [-0.25, -0.2) is 9.59 Å². The van der Waals surface area contributed by atoms with E-state index in [2.05, 4.69) is 9.47 Å². The summed E-state index contributed by atoms with van der Waals surface area (Å²) < 4.78 is 19.9. The fourth-order valence-electron chi connectivity index (χ4n) is 2.29. The summed E-state index contributed by atoms with van der Waals surface area (Å²) >= 11 is 0. The Bertz CT molecular complexity index is 531. The van der Waals surface area contributed by atoms with Crippen LogP contribution in [0.1, 0.15) is 6.92 Å². The number of hydrogen-bond acceptors (Lipinski definition) is 7. The van der Waals surface area contributed by atoms with Crippen LogP contribution < -0.4 is 0 Å². The van der Waals surface area contributed by atoms with Crippen molar-refractivity contribution in [3.63, 3.8) is 0 Å². The smallest absolute Gasteiger partial charge is 0.337 e. The van der Waals surface area contributed by atoms with E-state index in [0.29, 0.717) is 0 Å². The molecule has 0 aromatic heterocycles. The summed E-state index contributed by atoms with van der Waals surface area (Å²) in [6.07, 6.45) is 2.49. The van der Waals surface area contributed by atoms with Crippen molar-refractivity contribution < 1.29 is 33.3 Å². The lowest BCUT2D eigenvalue weighted by Gasteiger charge is -2.24. The molecule has 0 spiro atoms.